The molecule has 67 valence electrons. The Hall–Kier alpha value is 0.0200. The smallest absolute Gasteiger partial charge is 0.286 e. The summed E-state index contributed by atoms with van der Waals surface area (Å²) >= 11 is 0. The third-order valence-electron chi connectivity index (χ3n) is 1.61. The molecule has 11 heavy (non-hydrogen) atoms. The standard InChI is InChI=1S/C7H16O3P/c1-6(7(2,3)4)10-11(8)9-5/h6H,1-5H3. The van der Waals surface area contributed by atoms with E-state index in [2.05, 4.69) is 4.52 Å². The van der Waals surface area contributed by atoms with Crippen molar-refractivity contribution in [3.8, 4) is 0 Å². The molecule has 0 heterocycles. The van der Waals surface area contributed by atoms with Crippen LogP contribution in [0, 0.1) is 5.41 Å². The third-order valence-corrected chi connectivity index (χ3v) is 2.40. The molecule has 0 aromatic carbocycles. The first-order valence-corrected chi connectivity index (χ1v) is 4.65. The molecule has 0 N–H and O–H groups in total. The van der Waals surface area contributed by atoms with E-state index in [1.54, 1.807) is 0 Å². The van der Waals surface area contributed by atoms with Crippen molar-refractivity contribution in [2.75, 3.05) is 7.11 Å². The largest absolute Gasteiger partial charge is 0.368 e. The van der Waals surface area contributed by atoms with Gasteiger partial charge < -0.3 is 0 Å². The van der Waals surface area contributed by atoms with Crippen molar-refractivity contribution < 1.29 is 13.6 Å². The Balaban J connectivity index is 3.87. The van der Waals surface area contributed by atoms with Crippen LogP contribution in [-0.2, 0) is 13.6 Å². The van der Waals surface area contributed by atoms with Gasteiger partial charge in [0.15, 0.2) is 0 Å². The van der Waals surface area contributed by atoms with Crippen LogP contribution in [0.5, 0.6) is 0 Å². The maximum atomic E-state index is 10.8. The van der Waals surface area contributed by atoms with Crippen LogP contribution in [0.3, 0.4) is 0 Å². The van der Waals surface area contributed by atoms with E-state index in [-0.39, 0.29) is 11.5 Å². The van der Waals surface area contributed by atoms with Crippen molar-refractivity contribution in [2.45, 2.75) is 33.8 Å². The van der Waals surface area contributed by atoms with Gasteiger partial charge in [-0.15, -0.1) is 0 Å². The summed E-state index contributed by atoms with van der Waals surface area (Å²) in [5, 5.41) is 0. The predicted molar refractivity (Wildman–Crippen MR) is 44.6 cm³/mol. The SMILES string of the molecule is CO[P](=O)OC(C)C(C)(C)C. The van der Waals surface area contributed by atoms with Gasteiger partial charge in [0.2, 0.25) is 0 Å². The van der Waals surface area contributed by atoms with E-state index in [1.807, 2.05) is 27.7 Å². The molecule has 0 spiro atoms. The van der Waals surface area contributed by atoms with Crippen molar-refractivity contribution >= 4 is 8.25 Å². The molecule has 0 aliphatic carbocycles. The Morgan fingerprint density at radius 3 is 2.09 bits per heavy atom. The highest BCUT2D eigenvalue weighted by molar-refractivity contribution is 7.33. The lowest BCUT2D eigenvalue weighted by Gasteiger charge is -2.25. The topological polar surface area (TPSA) is 35.5 Å². The lowest BCUT2D eigenvalue weighted by Crippen LogP contribution is -2.23. The molecule has 0 aliphatic heterocycles. The molecule has 4 heteroatoms. The molecular formula is C7H16O3P. The van der Waals surface area contributed by atoms with Gasteiger partial charge in [0, 0.05) is 0 Å². The molecule has 0 aromatic rings. The molecule has 0 fully saturated rings. The fourth-order valence-corrected chi connectivity index (χ4v) is 0.991. The van der Waals surface area contributed by atoms with Gasteiger partial charge in [0.1, 0.15) is 0 Å². The highest BCUT2D eigenvalue weighted by Crippen LogP contribution is 2.32. The van der Waals surface area contributed by atoms with E-state index >= 15 is 0 Å². The van der Waals surface area contributed by atoms with Gasteiger partial charge in [-0.2, -0.15) is 0 Å². The summed E-state index contributed by atoms with van der Waals surface area (Å²) < 4.78 is 20.3. The van der Waals surface area contributed by atoms with Gasteiger partial charge in [0.25, 0.3) is 0 Å². The van der Waals surface area contributed by atoms with E-state index in [1.165, 1.54) is 7.11 Å². The zero-order valence-corrected chi connectivity index (χ0v) is 8.64. The molecule has 0 bridgehead atoms. The van der Waals surface area contributed by atoms with E-state index in [4.69, 9.17) is 4.52 Å². The van der Waals surface area contributed by atoms with Gasteiger partial charge >= 0.3 is 8.25 Å². The monoisotopic (exact) mass is 179 g/mol. The minimum absolute atomic E-state index is 0.00350. The predicted octanol–water partition coefficient (Wildman–Crippen LogP) is 2.74. The highest BCUT2D eigenvalue weighted by atomic mass is 31.1. The number of hydrogen-bond acceptors (Lipinski definition) is 3. The molecule has 3 nitrogen and oxygen atoms in total. The number of rotatable bonds is 3. The molecule has 0 aromatic heterocycles. The van der Waals surface area contributed by atoms with Gasteiger partial charge in [-0.3, -0.25) is 9.05 Å². The fourth-order valence-electron chi connectivity index (χ4n) is 0.330. The first-order valence-electron chi connectivity index (χ1n) is 3.56. The maximum Gasteiger partial charge on any atom is 0.368 e. The van der Waals surface area contributed by atoms with Gasteiger partial charge in [0.05, 0.1) is 13.2 Å². The summed E-state index contributed by atoms with van der Waals surface area (Å²) in [7, 11) is -0.563. The molecule has 0 amide bonds. The molecule has 0 saturated heterocycles. The zero-order valence-electron chi connectivity index (χ0n) is 7.75. The average Bonchev–Trinajstić information content (AvgIpc) is 1.85. The van der Waals surface area contributed by atoms with Crippen LogP contribution in [0.4, 0.5) is 0 Å². The van der Waals surface area contributed by atoms with Crippen molar-refractivity contribution in [2.24, 2.45) is 5.41 Å². The van der Waals surface area contributed by atoms with Crippen LogP contribution >= 0.6 is 8.25 Å². The minimum atomic E-state index is -1.93. The van der Waals surface area contributed by atoms with Crippen molar-refractivity contribution in [3.05, 3.63) is 0 Å². The Morgan fingerprint density at radius 2 is 1.82 bits per heavy atom. The maximum absolute atomic E-state index is 10.8. The van der Waals surface area contributed by atoms with E-state index < -0.39 is 8.25 Å². The summed E-state index contributed by atoms with van der Waals surface area (Å²) in [4.78, 5) is 0. The molecule has 0 saturated carbocycles. The van der Waals surface area contributed by atoms with Crippen LogP contribution in [0.25, 0.3) is 0 Å². The molecule has 2 atom stereocenters. The molecule has 0 rings (SSSR count). The van der Waals surface area contributed by atoms with Gasteiger partial charge in [-0.1, -0.05) is 20.8 Å². The second-order valence-corrected chi connectivity index (χ2v) is 4.54. The van der Waals surface area contributed by atoms with Crippen LogP contribution in [0.15, 0.2) is 0 Å². The Labute approximate surface area is 69.0 Å². The average molecular weight is 179 g/mol. The quantitative estimate of drug-likeness (QED) is 0.625. The normalized spacial score (nSPS) is 16.3. The molecule has 1 radical (unpaired) electrons. The van der Waals surface area contributed by atoms with Crippen LogP contribution < -0.4 is 0 Å². The van der Waals surface area contributed by atoms with Crippen LogP contribution in [-0.4, -0.2) is 13.2 Å². The summed E-state index contributed by atoms with van der Waals surface area (Å²) in [6, 6.07) is 0. The second kappa shape index (κ2) is 4.15. The summed E-state index contributed by atoms with van der Waals surface area (Å²) in [6.07, 6.45) is -0.0638. The first kappa shape index (κ1) is 11.0. The second-order valence-electron chi connectivity index (χ2n) is 3.52. The summed E-state index contributed by atoms with van der Waals surface area (Å²) in [5.74, 6) is 0. The van der Waals surface area contributed by atoms with Gasteiger partial charge in [-0.25, -0.2) is 4.57 Å². The molecular weight excluding hydrogens is 163 g/mol. The minimum Gasteiger partial charge on any atom is -0.286 e. The molecule has 2 unspecified atom stereocenters. The van der Waals surface area contributed by atoms with Crippen molar-refractivity contribution in [3.63, 3.8) is 0 Å². The summed E-state index contributed by atoms with van der Waals surface area (Å²) in [5.41, 5.74) is 0.00350. The fraction of sp³-hybridized carbons (Fsp3) is 1.00. The molecule has 0 aliphatic rings. The lowest BCUT2D eigenvalue weighted by atomic mass is 9.91. The van der Waals surface area contributed by atoms with Crippen LogP contribution in [0.2, 0.25) is 0 Å². The van der Waals surface area contributed by atoms with Crippen LogP contribution in [0.1, 0.15) is 27.7 Å². The Bertz CT molecular complexity index is 139. The highest BCUT2D eigenvalue weighted by Gasteiger charge is 2.23. The van der Waals surface area contributed by atoms with E-state index in [0.717, 1.165) is 0 Å². The van der Waals surface area contributed by atoms with Crippen molar-refractivity contribution in [1.29, 1.82) is 0 Å². The van der Waals surface area contributed by atoms with E-state index in [0.29, 0.717) is 0 Å². The number of hydrogen-bond donors (Lipinski definition) is 0. The lowest BCUT2D eigenvalue weighted by molar-refractivity contribution is 0.0938. The van der Waals surface area contributed by atoms with Crippen molar-refractivity contribution in [1.82, 2.24) is 0 Å². The van der Waals surface area contributed by atoms with E-state index in [9.17, 15) is 4.57 Å². The van der Waals surface area contributed by atoms with Gasteiger partial charge in [-0.05, 0) is 12.3 Å². The Kier molecular flexibility index (Phi) is 4.16. The Morgan fingerprint density at radius 1 is 1.36 bits per heavy atom. The zero-order chi connectivity index (χ0) is 9.07. The summed E-state index contributed by atoms with van der Waals surface area (Å²) in [6.45, 7) is 7.95. The first-order chi connectivity index (χ1) is 4.88. The third kappa shape index (κ3) is 4.46.